The van der Waals surface area contributed by atoms with Gasteiger partial charge in [-0.25, -0.2) is 4.98 Å². The predicted molar refractivity (Wildman–Crippen MR) is 82.1 cm³/mol. The molecule has 4 nitrogen and oxygen atoms in total. The van der Waals surface area contributed by atoms with Gasteiger partial charge in [-0.1, -0.05) is 0 Å². The van der Waals surface area contributed by atoms with Crippen LogP contribution in [-0.4, -0.2) is 29.8 Å². The van der Waals surface area contributed by atoms with E-state index in [4.69, 9.17) is 9.47 Å². The van der Waals surface area contributed by atoms with Gasteiger partial charge in [-0.15, -0.1) is 0 Å². The molecule has 0 fully saturated rings. The summed E-state index contributed by atoms with van der Waals surface area (Å²) in [5.74, 6) is 0.669. The first kappa shape index (κ1) is 16.9. The fourth-order valence-electron chi connectivity index (χ4n) is 1.76. The van der Waals surface area contributed by atoms with Crippen LogP contribution in [0.5, 0.6) is 5.88 Å². The Bertz CT molecular complexity index is 413. The van der Waals surface area contributed by atoms with Gasteiger partial charge in [0.05, 0.1) is 6.61 Å². The van der Waals surface area contributed by atoms with Crippen LogP contribution in [0.1, 0.15) is 45.9 Å². The molecule has 0 radical (unpaired) electrons. The Balaban J connectivity index is 2.66. The normalized spacial score (nSPS) is 13.3. The summed E-state index contributed by atoms with van der Waals surface area (Å²) in [5, 5.41) is 3.47. The van der Waals surface area contributed by atoms with Crippen molar-refractivity contribution in [1.29, 1.82) is 0 Å². The number of ether oxygens (including phenoxy) is 2. The molecule has 20 heavy (non-hydrogen) atoms. The summed E-state index contributed by atoms with van der Waals surface area (Å²) in [5.41, 5.74) is 2.25. The standard InChI is InChI=1S/C16H28N2O2/c1-7-19-11-13(3)20-15-9-14(8-12(2)18-15)10-17-16(4,5)6/h8-9,13,17H,7,10-11H2,1-6H3. The molecule has 0 saturated heterocycles. The van der Waals surface area contributed by atoms with Gasteiger partial charge in [0.2, 0.25) is 5.88 Å². The van der Waals surface area contributed by atoms with E-state index >= 15 is 0 Å². The van der Waals surface area contributed by atoms with E-state index < -0.39 is 0 Å². The van der Waals surface area contributed by atoms with Crippen LogP contribution in [0, 0.1) is 6.92 Å². The minimum atomic E-state index is 0.00711. The molecule has 0 aromatic carbocycles. The molecule has 0 spiro atoms. The monoisotopic (exact) mass is 280 g/mol. The van der Waals surface area contributed by atoms with Gasteiger partial charge in [0.1, 0.15) is 6.10 Å². The van der Waals surface area contributed by atoms with Gasteiger partial charge in [-0.05, 0) is 53.2 Å². The van der Waals surface area contributed by atoms with E-state index in [-0.39, 0.29) is 11.6 Å². The smallest absolute Gasteiger partial charge is 0.214 e. The molecule has 1 atom stereocenters. The first-order chi connectivity index (χ1) is 9.30. The van der Waals surface area contributed by atoms with Crippen LogP contribution < -0.4 is 10.1 Å². The molecule has 1 aromatic heterocycles. The number of aryl methyl sites for hydroxylation is 1. The third-order valence-corrected chi connectivity index (χ3v) is 2.69. The van der Waals surface area contributed by atoms with Gasteiger partial charge in [0.25, 0.3) is 0 Å². The molecule has 1 rings (SSSR count). The Hall–Kier alpha value is -1.13. The maximum atomic E-state index is 5.81. The fourth-order valence-corrected chi connectivity index (χ4v) is 1.76. The van der Waals surface area contributed by atoms with Crippen molar-refractivity contribution in [2.24, 2.45) is 0 Å². The van der Waals surface area contributed by atoms with Crippen molar-refractivity contribution in [3.8, 4) is 5.88 Å². The number of aromatic nitrogens is 1. The lowest BCUT2D eigenvalue weighted by Gasteiger charge is -2.21. The van der Waals surface area contributed by atoms with Gasteiger partial charge in [0.15, 0.2) is 0 Å². The predicted octanol–water partition coefficient (Wildman–Crippen LogP) is 3.08. The summed E-state index contributed by atoms with van der Waals surface area (Å²) >= 11 is 0. The van der Waals surface area contributed by atoms with Crippen molar-refractivity contribution in [3.63, 3.8) is 0 Å². The lowest BCUT2D eigenvalue weighted by molar-refractivity contribution is 0.0632. The average Bonchev–Trinajstić information content (AvgIpc) is 2.32. The second-order valence-corrected chi connectivity index (χ2v) is 6.15. The second-order valence-electron chi connectivity index (χ2n) is 6.15. The number of nitrogens with zero attached hydrogens (tertiary/aromatic N) is 1. The molecule has 1 unspecified atom stereocenters. The zero-order valence-electron chi connectivity index (χ0n) is 13.6. The number of pyridine rings is 1. The third-order valence-electron chi connectivity index (χ3n) is 2.69. The highest BCUT2D eigenvalue weighted by Gasteiger charge is 2.11. The molecular formula is C16H28N2O2. The molecule has 0 saturated carbocycles. The Morgan fingerprint density at radius 1 is 1.30 bits per heavy atom. The van der Waals surface area contributed by atoms with E-state index in [2.05, 4.69) is 37.1 Å². The summed E-state index contributed by atoms with van der Waals surface area (Å²) in [4.78, 5) is 4.42. The fraction of sp³-hybridized carbons (Fsp3) is 0.688. The lowest BCUT2D eigenvalue weighted by atomic mass is 10.1. The van der Waals surface area contributed by atoms with E-state index in [0.29, 0.717) is 19.1 Å². The summed E-state index contributed by atoms with van der Waals surface area (Å²) in [6.07, 6.45) is 0.00711. The maximum absolute atomic E-state index is 5.81. The number of nitrogens with one attached hydrogen (secondary N) is 1. The molecule has 1 aromatic rings. The van der Waals surface area contributed by atoms with Crippen LogP contribution in [0.3, 0.4) is 0 Å². The molecule has 4 heteroatoms. The average molecular weight is 280 g/mol. The van der Waals surface area contributed by atoms with Crippen LogP contribution in [-0.2, 0) is 11.3 Å². The Morgan fingerprint density at radius 3 is 2.60 bits per heavy atom. The SMILES string of the molecule is CCOCC(C)Oc1cc(CNC(C)(C)C)cc(C)n1. The topological polar surface area (TPSA) is 43.4 Å². The summed E-state index contributed by atoms with van der Waals surface area (Å²) in [6, 6.07) is 4.08. The number of rotatable bonds is 7. The van der Waals surface area contributed by atoms with Gasteiger partial charge in [-0.3, -0.25) is 0 Å². The highest BCUT2D eigenvalue weighted by molar-refractivity contribution is 5.25. The Labute approximate surface area is 122 Å². The highest BCUT2D eigenvalue weighted by Crippen LogP contribution is 2.15. The van der Waals surface area contributed by atoms with Crippen molar-refractivity contribution in [1.82, 2.24) is 10.3 Å². The van der Waals surface area contributed by atoms with Gasteiger partial charge in [-0.2, -0.15) is 0 Å². The maximum Gasteiger partial charge on any atom is 0.214 e. The van der Waals surface area contributed by atoms with Crippen molar-refractivity contribution < 1.29 is 9.47 Å². The number of hydrogen-bond donors (Lipinski definition) is 1. The van der Waals surface area contributed by atoms with Crippen LogP contribution >= 0.6 is 0 Å². The third kappa shape index (κ3) is 6.87. The Morgan fingerprint density at radius 2 is 2.00 bits per heavy atom. The molecule has 1 heterocycles. The van der Waals surface area contributed by atoms with Crippen LogP contribution in [0.2, 0.25) is 0 Å². The highest BCUT2D eigenvalue weighted by atomic mass is 16.5. The van der Waals surface area contributed by atoms with E-state index in [9.17, 15) is 0 Å². The zero-order valence-corrected chi connectivity index (χ0v) is 13.6. The van der Waals surface area contributed by atoms with Crippen molar-refractivity contribution in [2.45, 2.75) is 59.7 Å². The quantitative estimate of drug-likeness (QED) is 0.833. The Kier molecular flexibility index (Phi) is 6.43. The molecular weight excluding hydrogens is 252 g/mol. The largest absolute Gasteiger partial charge is 0.472 e. The van der Waals surface area contributed by atoms with Gasteiger partial charge >= 0.3 is 0 Å². The van der Waals surface area contributed by atoms with Crippen LogP contribution in [0.4, 0.5) is 0 Å². The van der Waals surface area contributed by atoms with Crippen molar-refractivity contribution >= 4 is 0 Å². The molecule has 0 aliphatic heterocycles. The second kappa shape index (κ2) is 7.60. The van der Waals surface area contributed by atoms with E-state index in [1.807, 2.05) is 26.8 Å². The van der Waals surface area contributed by atoms with Crippen molar-refractivity contribution in [2.75, 3.05) is 13.2 Å². The summed E-state index contributed by atoms with van der Waals surface area (Å²) in [7, 11) is 0. The molecule has 0 aliphatic rings. The van der Waals surface area contributed by atoms with Crippen molar-refractivity contribution in [3.05, 3.63) is 23.4 Å². The lowest BCUT2D eigenvalue weighted by Crippen LogP contribution is -2.35. The van der Waals surface area contributed by atoms with Crippen LogP contribution in [0.15, 0.2) is 12.1 Å². The molecule has 0 amide bonds. The number of hydrogen-bond acceptors (Lipinski definition) is 4. The summed E-state index contributed by atoms with van der Waals surface area (Å²) in [6.45, 7) is 14.5. The van der Waals surface area contributed by atoms with Gasteiger partial charge in [0, 0.05) is 30.5 Å². The first-order valence-corrected chi connectivity index (χ1v) is 7.27. The van der Waals surface area contributed by atoms with E-state index in [0.717, 1.165) is 12.2 Å². The minimum absolute atomic E-state index is 0.00711. The van der Waals surface area contributed by atoms with Crippen LogP contribution in [0.25, 0.3) is 0 Å². The molecule has 114 valence electrons. The van der Waals surface area contributed by atoms with Gasteiger partial charge < -0.3 is 14.8 Å². The zero-order chi connectivity index (χ0) is 15.2. The molecule has 1 N–H and O–H groups in total. The first-order valence-electron chi connectivity index (χ1n) is 7.27. The summed E-state index contributed by atoms with van der Waals surface area (Å²) < 4.78 is 11.2. The molecule has 0 aliphatic carbocycles. The molecule has 0 bridgehead atoms. The van der Waals surface area contributed by atoms with E-state index in [1.165, 1.54) is 5.56 Å². The van der Waals surface area contributed by atoms with E-state index in [1.54, 1.807) is 0 Å². The minimum Gasteiger partial charge on any atom is -0.472 e.